The Balaban J connectivity index is 0.000000880. The summed E-state index contributed by atoms with van der Waals surface area (Å²) >= 11 is 0. The first-order chi connectivity index (χ1) is 12.2. The van der Waals surface area contributed by atoms with Crippen LogP contribution in [0.5, 0.6) is 5.75 Å². The van der Waals surface area contributed by atoms with Crippen molar-refractivity contribution < 1.29 is 14.7 Å². The summed E-state index contributed by atoms with van der Waals surface area (Å²) < 4.78 is 5.78. The molecule has 2 aromatic rings. The van der Waals surface area contributed by atoms with E-state index in [0.717, 1.165) is 22.6 Å². The molecule has 4 rings (SSSR count). The topological polar surface area (TPSA) is 88.2 Å². The molecule has 0 radical (unpaired) electrons. The van der Waals surface area contributed by atoms with Gasteiger partial charge in [0, 0.05) is 11.3 Å². The number of amidine groups is 1. The number of anilines is 1. The number of nitrogens with two attached hydrogens (primary N) is 1. The lowest BCUT2D eigenvalue weighted by Crippen LogP contribution is -2.45. The minimum atomic E-state index is -0.858. The van der Waals surface area contributed by atoms with E-state index in [0.29, 0.717) is 0 Å². The molecule has 3 N–H and O–H groups in total. The molecule has 2 aliphatic heterocycles. The quantitative estimate of drug-likeness (QED) is 0.381. The fourth-order valence-corrected chi connectivity index (χ4v) is 3.48. The number of fused-ring (bicyclic) bond motifs is 4. The van der Waals surface area contributed by atoms with E-state index in [9.17, 15) is 4.79 Å². The molecule has 2 aliphatic rings. The fourth-order valence-electron chi connectivity index (χ4n) is 3.48. The zero-order valence-electron chi connectivity index (χ0n) is 14.3. The number of benzene rings is 2. The summed E-state index contributed by atoms with van der Waals surface area (Å²) in [6, 6.07) is 15.2. The number of carbonyl (C=O) groups excluding carboxylic acids is 1. The Bertz CT molecular complexity index is 834. The van der Waals surface area contributed by atoms with Gasteiger partial charge in [-0.1, -0.05) is 55.4 Å². The second kappa shape index (κ2) is 6.47. The molecule has 0 aromatic heterocycles. The van der Waals surface area contributed by atoms with Gasteiger partial charge in [-0.3, -0.25) is 4.79 Å². The monoisotopic (exact) mass is 339 g/mol. The molecule has 2 heterocycles. The molecule has 0 saturated carbocycles. The summed E-state index contributed by atoms with van der Waals surface area (Å²) in [4.78, 5) is 14.8. The van der Waals surface area contributed by atoms with Crippen LogP contribution in [0.2, 0.25) is 0 Å². The average molecular weight is 339 g/mol. The number of para-hydroxylation sites is 2. The molecule has 1 amide bonds. The van der Waals surface area contributed by atoms with Gasteiger partial charge < -0.3 is 20.6 Å². The summed E-state index contributed by atoms with van der Waals surface area (Å²) in [5.74, 6) is 0.592. The minimum Gasteiger partial charge on any atom is -0.491 e. The van der Waals surface area contributed by atoms with Crippen molar-refractivity contribution in [2.75, 3.05) is 18.1 Å². The highest BCUT2D eigenvalue weighted by atomic mass is 16.5. The van der Waals surface area contributed by atoms with Crippen LogP contribution in [-0.2, 0) is 10.2 Å². The van der Waals surface area contributed by atoms with E-state index in [1.165, 1.54) is 0 Å². The highest BCUT2D eigenvalue weighted by Gasteiger charge is 2.56. The smallest absolute Gasteiger partial charge is 0.246 e. The number of ether oxygens (including phenoxy) is 1. The van der Waals surface area contributed by atoms with E-state index < -0.39 is 5.41 Å². The average Bonchev–Trinajstić information content (AvgIpc) is 3.17. The van der Waals surface area contributed by atoms with Crippen molar-refractivity contribution in [1.29, 1.82) is 0 Å². The number of hydrogen-bond acceptors (Lipinski definition) is 4. The molecule has 0 fully saturated rings. The van der Waals surface area contributed by atoms with Crippen LogP contribution in [0.4, 0.5) is 5.69 Å². The van der Waals surface area contributed by atoms with Crippen molar-refractivity contribution in [3.05, 3.63) is 59.7 Å². The van der Waals surface area contributed by atoms with Gasteiger partial charge in [0.25, 0.3) is 0 Å². The van der Waals surface area contributed by atoms with E-state index in [2.05, 4.69) is 5.16 Å². The van der Waals surface area contributed by atoms with E-state index in [1.54, 1.807) is 4.90 Å². The number of amides is 1. The maximum atomic E-state index is 13.3. The molecule has 6 nitrogen and oxygen atoms in total. The standard InChI is InChI=1S/C17H15N3O3.C2H6/c18-15(19-22)9-20-13-7-3-1-5-11(13)17(16(20)21)10-23-14-8-4-2-6-12(14)17;1-2/h1-8,22H,9-10H2,(H2,18,19);1-2H3. The first kappa shape index (κ1) is 16.8. The van der Waals surface area contributed by atoms with E-state index >= 15 is 0 Å². The number of carbonyl (C=O) groups is 1. The van der Waals surface area contributed by atoms with Crippen LogP contribution in [0, 0.1) is 0 Å². The third kappa shape index (κ3) is 2.33. The number of oxime groups is 1. The van der Waals surface area contributed by atoms with Crippen LogP contribution in [0.25, 0.3) is 0 Å². The zero-order valence-corrected chi connectivity index (χ0v) is 14.3. The second-order valence-corrected chi connectivity index (χ2v) is 5.69. The Morgan fingerprint density at radius 1 is 1.20 bits per heavy atom. The number of hydrogen-bond donors (Lipinski definition) is 2. The van der Waals surface area contributed by atoms with Gasteiger partial charge in [0.2, 0.25) is 5.91 Å². The third-order valence-electron chi connectivity index (χ3n) is 4.50. The molecule has 6 heteroatoms. The maximum Gasteiger partial charge on any atom is 0.246 e. The first-order valence-electron chi connectivity index (χ1n) is 8.28. The lowest BCUT2D eigenvalue weighted by atomic mass is 9.77. The minimum absolute atomic E-state index is 0.0163. The highest BCUT2D eigenvalue weighted by Crippen LogP contribution is 2.51. The van der Waals surface area contributed by atoms with Crippen LogP contribution in [0.3, 0.4) is 0 Å². The fraction of sp³-hybridized carbons (Fsp3) is 0.263. The van der Waals surface area contributed by atoms with Gasteiger partial charge in [-0.05, 0) is 17.7 Å². The van der Waals surface area contributed by atoms with Crippen molar-refractivity contribution >= 4 is 17.4 Å². The van der Waals surface area contributed by atoms with Crippen LogP contribution >= 0.6 is 0 Å². The molecular formula is C19H21N3O3. The SMILES string of the molecule is CC.N/C(CN1C(=O)C2(COc3ccccc32)c2ccccc21)=N/O. The first-order valence-corrected chi connectivity index (χ1v) is 8.28. The van der Waals surface area contributed by atoms with Gasteiger partial charge in [0.1, 0.15) is 17.8 Å². The van der Waals surface area contributed by atoms with Crippen LogP contribution in [0.1, 0.15) is 25.0 Å². The Morgan fingerprint density at radius 3 is 2.56 bits per heavy atom. The molecule has 1 unspecified atom stereocenters. The van der Waals surface area contributed by atoms with E-state index in [4.69, 9.17) is 15.7 Å². The van der Waals surface area contributed by atoms with Gasteiger partial charge in [-0.25, -0.2) is 0 Å². The third-order valence-corrected chi connectivity index (χ3v) is 4.50. The van der Waals surface area contributed by atoms with Gasteiger partial charge in [0.05, 0.1) is 6.54 Å². The number of rotatable bonds is 2. The van der Waals surface area contributed by atoms with Crippen molar-refractivity contribution in [1.82, 2.24) is 0 Å². The summed E-state index contributed by atoms with van der Waals surface area (Å²) in [5, 5.41) is 11.8. The molecule has 1 spiro atoms. The maximum absolute atomic E-state index is 13.3. The van der Waals surface area contributed by atoms with Crippen molar-refractivity contribution in [3.8, 4) is 5.75 Å². The lowest BCUT2D eigenvalue weighted by molar-refractivity contribution is -0.121. The summed E-state index contributed by atoms with van der Waals surface area (Å²) in [5.41, 5.74) is 7.29. The van der Waals surface area contributed by atoms with E-state index in [-0.39, 0.29) is 24.9 Å². The Kier molecular flexibility index (Phi) is 4.35. The predicted octanol–water partition coefficient (Wildman–Crippen LogP) is 2.48. The largest absolute Gasteiger partial charge is 0.491 e. The summed E-state index contributed by atoms with van der Waals surface area (Å²) in [7, 11) is 0. The van der Waals surface area contributed by atoms with Gasteiger partial charge in [0.15, 0.2) is 5.84 Å². The molecule has 130 valence electrons. The van der Waals surface area contributed by atoms with Gasteiger partial charge in [-0.15, -0.1) is 0 Å². The Labute approximate surface area is 146 Å². The molecule has 0 aliphatic carbocycles. The predicted molar refractivity (Wildman–Crippen MR) is 96.3 cm³/mol. The molecule has 0 bridgehead atoms. The van der Waals surface area contributed by atoms with Crippen LogP contribution in [-0.4, -0.2) is 30.1 Å². The van der Waals surface area contributed by atoms with Gasteiger partial charge >= 0.3 is 0 Å². The number of nitrogens with zero attached hydrogens (tertiary/aromatic N) is 2. The van der Waals surface area contributed by atoms with Gasteiger partial charge in [-0.2, -0.15) is 0 Å². The highest BCUT2D eigenvalue weighted by molar-refractivity contribution is 6.13. The summed E-state index contributed by atoms with van der Waals surface area (Å²) in [6.07, 6.45) is 0. The zero-order chi connectivity index (χ0) is 18.0. The second-order valence-electron chi connectivity index (χ2n) is 5.69. The molecule has 0 saturated heterocycles. The Hall–Kier alpha value is -3.02. The van der Waals surface area contributed by atoms with Crippen molar-refractivity contribution in [2.45, 2.75) is 19.3 Å². The lowest BCUT2D eigenvalue weighted by Gasteiger charge is -2.22. The van der Waals surface area contributed by atoms with Crippen molar-refractivity contribution in [2.24, 2.45) is 10.9 Å². The Morgan fingerprint density at radius 2 is 1.84 bits per heavy atom. The van der Waals surface area contributed by atoms with E-state index in [1.807, 2.05) is 62.4 Å². The van der Waals surface area contributed by atoms with Crippen LogP contribution in [0.15, 0.2) is 53.7 Å². The molecule has 25 heavy (non-hydrogen) atoms. The van der Waals surface area contributed by atoms with Crippen LogP contribution < -0.4 is 15.4 Å². The molecule has 2 aromatic carbocycles. The molecule has 1 atom stereocenters. The molecular weight excluding hydrogens is 318 g/mol. The van der Waals surface area contributed by atoms with Crippen molar-refractivity contribution in [3.63, 3.8) is 0 Å². The summed E-state index contributed by atoms with van der Waals surface area (Å²) in [6.45, 7) is 4.30. The normalized spacial score (nSPS) is 20.6.